The van der Waals surface area contributed by atoms with Crippen molar-refractivity contribution >= 4 is 27.2 Å². The summed E-state index contributed by atoms with van der Waals surface area (Å²) in [5, 5.41) is 0. The lowest BCUT2D eigenvalue weighted by Gasteiger charge is -2.10. The van der Waals surface area contributed by atoms with Crippen molar-refractivity contribution in [3.63, 3.8) is 0 Å². The maximum atomic E-state index is 12.0. The van der Waals surface area contributed by atoms with Gasteiger partial charge in [0.1, 0.15) is 9.88 Å². The van der Waals surface area contributed by atoms with Gasteiger partial charge in [-0.05, 0) is 31.4 Å². The van der Waals surface area contributed by atoms with Gasteiger partial charge in [0.05, 0.1) is 11.8 Å². The van der Waals surface area contributed by atoms with Crippen LogP contribution in [0.15, 0.2) is 23.2 Å². The van der Waals surface area contributed by atoms with Crippen LogP contribution in [0.4, 0.5) is 0 Å². The van der Waals surface area contributed by atoms with E-state index in [1.54, 1.807) is 0 Å². The summed E-state index contributed by atoms with van der Waals surface area (Å²) in [5.41, 5.74) is 5.81. The Kier molecular flexibility index (Phi) is 5.03. The van der Waals surface area contributed by atoms with Gasteiger partial charge in [0.25, 0.3) is 0 Å². The molecule has 0 aliphatic carbocycles. The van der Waals surface area contributed by atoms with Crippen molar-refractivity contribution in [2.24, 2.45) is 5.73 Å². The molecule has 8 heteroatoms. The van der Waals surface area contributed by atoms with Gasteiger partial charge >= 0.3 is 0 Å². The first-order valence-corrected chi connectivity index (χ1v) is 8.25. The fourth-order valence-corrected chi connectivity index (χ4v) is 3.11. The normalized spacial score (nSPS) is 19.1. The fraction of sp³-hybridized carbons (Fsp3) is 0.500. The van der Waals surface area contributed by atoms with Gasteiger partial charge < -0.3 is 10.5 Å². The Hall–Kier alpha value is -1.09. The average Bonchev–Trinajstić information content (AvgIpc) is 2.92. The fourth-order valence-electron chi connectivity index (χ4n) is 1.99. The summed E-state index contributed by atoms with van der Waals surface area (Å²) in [7, 11) is -3.55. The quantitative estimate of drug-likeness (QED) is 0.745. The van der Waals surface area contributed by atoms with Gasteiger partial charge in [0, 0.05) is 19.3 Å². The number of hydrogen-bond donors (Lipinski definition) is 2. The number of pyridine rings is 1. The van der Waals surface area contributed by atoms with Crippen LogP contribution >= 0.6 is 12.2 Å². The summed E-state index contributed by atoms with van der Waals surface area (Å²) in [5.74, 6) is 0. The zero-order valence-electron chi connectivity index (χ0n) is 10.9. The van der Waals surface area contributed by atoms with E-state index in [4.69, 9.17) is 22.7 Å². The van der Waals surface area contributed by atoms with E-state index >= 15 is 0 Å². The molecule has 0 amide bonds. The Labute approximate surface area is 123 Å². The Morgan fingerprint density at radius 1 is 1.55 bits per heavy atom. The zero-order valence-corrected chi connectivity index (χ0v) is 12.5. The van der Waals surface area contributed by atoms with Crippen LogP contribution in [0, 0.1) is 0 Å². The predicted molar refractivity (Wildman–Crippen MR) is 78.9 cm³/mol. The minimum absolute atomic E-state index is 0.102. The topological polar surface area (TPSA) is 94.3 Å². The Morgan fingerprint density at radius 2 is 2.35 bits per heavy atom. The van der Waals surface area contributed by atoms with Crippen molar-refractivity contribution in [1.29, 1.82) is 0 Å². The first-order chi connectivity index (χ1) is 9.49. The summed E-state index contributed by atoms with van der Waals surface area (Å²) < 4.78 is 32.0. The molecule has 110 valence electrons. The molecule has 20 heavy (non-hydrogen) atoms. The highest BCUT2D eigenvalue weighted by atomic mass is 32.2. The molecule has 0 saturated carbocycles. The summed E-state index contributed by atoms with van der Waals surface area (Å²) in [6, 6.07) is 2.94. The molecule has 1 fully saturated rings. The van der Waals surface area contributed by atoms with Crippen LogP contribution in [0.5, 0.6) is 0 Å². The highest BCUT2D eigenvalue weighted by molar-refractivity contribution is 7.89. The van der Waals surface area contributed by atoms with Crippen LogP contribution in [0.25, 0.3) is 0 Å². The van der Waals surface area contributed by atoms with Crippen molar-refractivity contribution in [3.8, 4) is 0 Å². The number of ether oxygens (including phenoxy) is 1. The molecule has 2 heterocycles. The molecule has 1 aromatic heterocycles. The van der Waals surface area contributed by atoms with Gasteiger partial charge in [-0.15, -0.1) is 0 Å². The molecule has 1 unspecified atom stereocenters. The zero-order chi connectivity index (χ0) is 14.6. The van der Waals surface area contributed by atoms with E-state index in [9.17, 15) is 8.42 Å². The standard InChI is InChI=1S/C12H17N3O3S2/c13-12(19)11-4-3-10(8-14-11)20(16,17)15-6-5-9-2-1-7-18-9/h3-4,8-9,15H,1-2,5-7H2,(H2,13,19). The van der Waals surface area contributed by atoms with E-state index in [-0.39, 0.29) is 16.0 Å². The Bertz CT molecular complexity index is 566. The van der Waals surface area contributed by atoms with Crippen LogP contribution in [-0.2, 0) is 14.8 Å². The van der Waals surface area contributed by atoms with Crippen LogP contribution < -0.4 is 10.5 Å². The van der Waals surface area contributed by atoms with Crippen molar-refractivity contribution in [2.75, 3.05) is 13.2 Å². The molecule has 0 aromatic carbocycles. The maximum Gasteiger partial charge on any atom is 0.242 e. The van der Waals surface area contributed by atoms with E-state index in [1.165, 1.54) is 18.3 Å². The van der Waals surface area contributed by atoms with Crippen molar-refractivity contribution in [2.45, 2.75) is 30.3 Å². The van der Waals surface area contributed by atoms with Crippen LogP contribution in [0.3, 0.4) is 0 Å². The van der Waals surface area contributed by atoms with E-state index in [2.05, 4.69) is 9.71 Å². The average molecular weight is 315 g/mol. The molecular weight excluding hydrogens is 298 g/mol. The molecule has 1 aliphatic heterocycles. The molecule has 2 rings (SSSR count). The van der Waals surface area contributed by atoms with Crippen molar-refractivity contribution in [3.05, 3.63) is 24.0 Å². The lowest BCUT2D eigenvalue weighted by molar-refractivity contribution is 0.105. The number of aromatic nitrogens is 1. The maximum absolute atomic E-state index is 12.0. The smallest absolute Gasteiger partial charge is 0.242 e. The highest BCUT2D eigenvalue weighted by Crippen LogP contribution is 2.15. The Morgan fingerprint density at radius 3 is 2.90 bits per heavy atom. The molecule has 0 radical (unpaired) electrons. The van der Waals surface area contributed by atoms with E-state index in [0.29, 0.717) is 18.7 Å². The van der Waals surface area contributed by atoms with Gasteiger partial charge in [-0.25, -0.2) is 13.1 Å². The largest absolute Gasteiger partial charge is 0.388 e. The second kappa shape index (κ2) is 6.57. The third-order valence-electron chi connectivity index (χ3n) is 3.08. The molecule has 0 spiro atoms. The Balaban J connectivity index is 1.93. The molecule has 3 N–H and O–H groups in total. The second-order valence-corrected chi connectivity index (χ2v) is 6.77. The summed E-state index contributed by atoms with van der Waals surface area (Å²) >= 11 is 4.77. The minimum Gasteiger partial charge on any atom is -0.388 e. The predicted octanol–water partition coefficient (Wildman–Crippen LogP) is 0.563. The molecule has 1 atom stereocenters. The summed E-state index contributed by atoms with van der Waals surface area (Å²) in [4.78, 5) is 4.16. The van der Waals surface area contributed by atoms with Crippen molar-refractivity contribution < 1.29 is 13.2 Å². The lowest BCUT2D eigenvalue weighted by Crippen LogP contribution is -2.27. The van der Waals surface area contributed by atoms with Crippen LogP contribution in [0.1, 0.15) is 25.0 Å². The number of nitrogens with two attached hydrogens (primary N) is 1. The molecule has 6 nitrogen and oxygen atoms in total. The molecule has 0 bridgehead atoms. The first kappa shape index (κ1) is 15.3. The SMILES string of the molecule is NC(=S)c1ccc(S(=O)(=O)NCCC2CCCO2)cn1. The third kappa shape index (κ3) is 3.95. The summed E-state index contributed by atoms with van der Waals surface area (Å²) in [6.45, 7) is 1.12. The number of thiocarbonyl (C=S) groups is 1. The first-order valence-electron chi connectivity index (χ1n) is 6.36. The number of rotatable bonds is 6. The molecular formula is C12H17N3O3S2. The van der Waals surface area contributed by atoms with Gasteiger partial charge in [-0.3, -0.25) is 4.98 Å². The minimum atomic E-state index is -3.55. The highest BCUT2D eigenvalue weighted by Gasteiger charge is 2.18. The van der Waals surface area contributed by atoms with Gasteiger partial charge in [-0.1, -0.05) is 12.2 Å². The van der Waals surface area contributed by atoms with Gasteiger partial charge in [0.2, 0.25) is 10.0 Å². The van der Waals surface area contributed by atoms with E-state index in [0.717, 1.165) is 19.4 Å². The summed E-state index contributed by atoms with van der Waals surface area (Å²) in [6.07, 6.45) is 4.13. The second-order valence-electron chi connectivity index (χ2n) is 4.56. The number of nitrogens with zero attached hydrogens (tertiary/aromatic N) is 1. The van der Waals surface area contributed by atoms with E-state index in [1.807, 2.05) is 0 Å². The molecule has 1 aliphatic rings. The third-order valence-corrected chi connectivity index (χ3v) is 4.74. The van der Waals surface area contributed by atoms with Crippen molar-refractivity contribution in [1.82, 2.24) is 9.71 Å². The number of sulfonamides is 1. The monoisotopic (exact) mass is 315 g/mol. The van der Waals surface area contributed by atoms with Gasteiger partial charge in [0.15, 0.2) is 0 Å². The molecule has 1 aromatic rings. The van der Waals surface area contributed by atoms with E-state index < -0.39 is 10.0 Å². The molecule has 1 saturated heterocycles. The number of hydrogen-bond acceptors (Lipinski definition) is 5. The number of nitrogens with one attached hydrogen (secondary N) is 1. The van der Waals surface area contributed by atoms with Crippen LogP contribution in [-0.4, -0.2) is 37.6 Å². The lowest BCUT2D eigenvalue weighted by atomic mass is 10.2. The van der Waals surface area contributed by atoms with Gasteiger partial charge in [-0.2, -0.15) is 0 Å². The van der Waals surface area contributed by atoms with Crippen LogP contribution in [0.2, 0.25) is 0 Å².